The fraction of sp³-hybridized carbons (Fsp3) is 0.467. The molecule has 1 aliphatic heterocycles. The molecular weight excluding hydrogens is 335 g/mol. The highest BCUT2D eigenvalue weighted by molar-refractivity contribution is 6.33. The van der Waals surface area contributed by atoms with Crippen molar-refractivity contribution >= 4 is 29.2 Å². The van der Waals surface area contributed by atoms with Crippen LogP contribution in [0, 0.1) is 11.8 Å². The topological polar surface area (TPSA) is 46.6 Å². The normalized spacial score (nSPS) is 29.0. The fourth-order valence-corrected chi connectivity index (χ4v) is 3.99. The third kappa shape index (κ3) is 1.92. The average molecular weight is 348 g/mol. The Morgan fingerprint density at radius 3 is 2.65 bits per heavy atom. The molecule has 4 nitrogen and oxygen atoms in total. The summed E-state index contributed by atoms with van der Waals surface area (Å²) in [5.74, 6) is -5.52. The number of anilines is 1. The quantitative estimate of drug-likeness (QED) is 0.773. The maximum atomic E-state index is 13.5. The number of carbonyl (C=O) groups excluding carboxylic acids is 2. The van der Waals surface area contributed by atoms with Crippen LogP contribution in [0.4, 0.5) is 18.9 Å². The van der Waals surface area contributed by atoms with Gasteiger partial charge < -0.3 is 9.64 Å². The summed E-state index contributed by atoms with van der Waals surface area (Å²) in [6, 6.07) is 4.48. The molecule has 1 amide bonds. The molecule has 1 spiro atoms. The Morgan fingerprint density at radius 2 is 2.09 bits per heavy atom. The summed E-state index contributed by atoms with van der Waals surface area (Å²) in [5, 5.41) is 0.0428. The number of hydrogen-bond donors (Lipinski definition) is 0. The van der Waals surface area contributed by atoms with E-state index in [1.54, 1.807) is 6.07 Å². The first kappa shape index (κ1) is 16.1. The molecule has 3 unspecified atom stereocenters. The number of nitrogens with zero attached hydrogens (tertiary/aromatic N) is 1. The fourth-order valence-electron chi connectivity index (χ4n) is 3.66. The minimum Gasteiger partial charge on any atom is -0.466 e. The Bertz CT molecular complexity index is 706. The maximum Gasteiger partial charge on any atom is 0.394 e. The van der Waals surface area contributed by atoms with Gasteiger partial charge in [0.15, 0.2) is 0 Å². The first-order valence-corrected chi connectivity index (χ1v) is 7.37. The molecule has 1 aromatic carbocycles. The standard InChI is InChI=1S/C15H13ClF3NO3/c1-3-23-12(21)10-11(15(17,18)19)14(10)9-7(16)5-4-6-8(9)20(2)13(14)22/h4-6,10-11H,3H2,1-2H3. The van der Waals surface area contributed by atoms with Crippen molar-refractivity contribution < 1.29 is 27.5 Å². The Kier molecular flexibility index (Phi) is 3.41. The zero-order chi connectivity index (χ0) is 17.2. The summed E-state index contributed by atoms with van der Waals surface area (Å²) in [4.78, 5) is 25.8. The van der Waals surface area contributed by atoms with Gasteiger partial charge in [-0.2, -0.15) is 13.2 Å². The highest BCUT2D eigenvalue weighted by atomic mass is 35.5. The first-order valence-electron chi connectivity index (χ1n) is 6.99. The molecule has 0 saturated heterocycles. The molecule has 124 valence electrons. The Labute approximate surface area is 135 Å². The molecule has 23 heavy (non-hydrogen) atoms. The smallest absolute Gasteiger partial charge is 0.394 e. The molecule has 0 aromatic heterocycles. The van der Waals surface area contributed by atoms with Crippen LogP contribution >= 0.6 is 11.6 Å². The predicted octanol–water partition coefficient (Wildman–Crippen LogP) is 2.93. The average Bonchev–Trinajstić information content (AvgIpc) is 3.11. The number of esters is 1. The third-order valence-electron chi connectivity index (χ3n) is 4.52. The number of halogens is 4. The number of ether oxygens (including phenoxy) is 1. The van der Waals surface area contributed by atoms with E-state index in [1.807, 2.05) is 0 Å². The van der Waals surface area contributed by atoms with Crippen LogP contribution < -0.4 is 4.90 Å². The van der Waals surface area contributed by atoms with E-state index in [0.29, 0.717) is 5.69 Å². The van der Waals surface area contributed by atoms with Crippen molar-refractivity contribution in [2.75, 3.05) is 18.6 Å². The number of likely N-dealkylation sites (N-methyl/N-ethyl adjacent to an activating group) is 1. The summed E-state index contributed by atoms with van der Waals surface area (Å²) in [5.41, 5.74) is -1.65. The summed E-state index contributed by atoms with van der Waals surface area (Å²) in [6.07, 6.45) is -4.71. The van der Waals surface area contributed by atoms with Crippen LogP contribution in [0.2, 0.25) is 5.02 Å². The number of alkyl halides is 3. The molecule has 8 heteroatoms. The van der Waals surface area contributed by atoms with Gasteiger partial charge in [-0.1, -0.05) is 17.7 Å². The number of hydrogen-bond acceptors (Lipinski definition) is 3. The van der Waals surface area contributed by atoms with Gasteiger partial charge in [-0.15, -0.1) is 0 Å². The minimum absolute atomic E-state index is 0.0428. The molecule has 1 saturated carbocycles. The lowest BCUT2D eigenvalue weighted by molar-refractivity contribution is -0.164. The van der Waals surface area contributed by atoms with Crippen LogP contribution in [0.3, 0.4) is 0 Å². The van der Waals surface area contributed by atoms with Crippen molar-refractivity contribution in [2.24, 2.45) is 11.8 Å². The highest BCUT2D eigenvalue weighted by Gasteiger charge is 2.85. The molecule has 2 aliphatic rings. The molecule has 0 bridgehead atoms. The molecular formula is C15H13ClF3NO3. The summed E-state index contributed by atoms with van der Waals surface area (Å²) >= 11 is 6.09. The van der Waals surface area contributed by atoms with Crippen LogP contribution in [0.5, 0.6) is 0 Å². The minimum atomic E-state index is -4.71. The van der Waals surface area contributed by atoms with E-state index in [4.69, 9.17) is 16.3 Å². The van der Waals surface area contributed by atoms with Gasteiger partial charge in [0.05, 0.1) is 18.4 Å². The van der Waals surface area contributed by atoms with Gasteiger partial charge in [0.2, 0.25) is 5.91 Å². The van der Waals surface area contributed by atoms with E-state index in [9.17, 15) is 22.8 Å². The van der Waals surface area contributed by atoms with Crippen LogP contribution in [0.1, 0.15) is 12.5 Å². The molecule has 1 aliphatic carbocycles. The Morgan fingerprint density at radius 1 is 1.43 bits per heavy atom. The number of amides is 1. The van der Waals surface area contributed by atoms with Gasteiger partial charge in [-0.05, 0) is 19.1 Å². The van der Waals surface area contributed by atoms with Gasteiger partial charge in [0, 0.05) is 23.3 Å². The maximum absolute atomic E-state index is 13.5. The van der Waals surface area contributed by atoms with E-state index in [-0.39, 0.29) is 17.2 Å². The number of benzene rings is 1. The van der Waals surface area contributed by atoms with E-state index >= 15 is 0 Å². The van der Waals surface area contributed by atoms with E-state index in [1.165, 1.54) is 26.1 Å². The van der Waals surface area contributed by atoms with E-state index in [2.05, 4.69) is 0 Å². The number of rotatable bonds is 2. The number of carbonyl (C=O) groups is 2. The lowest BCUT2D eigenvalue weighted by Crippen LogP contribution is -2.33. The lowest BCUT2D eigenvalue weighted by Gasteiger charge is -2.13. The van der Waals surface area contributed by atoms with Crippen LogP contribution in [-0.2, 0) is 19.7 Å². The monoisotopic (exact) mass is 347 g/mol. The molecule has 0 N–H and O–H groups in total. The van der Waals surface area contributed by atoms with Crippen molar-refractivity contribution in [1.29, 1.82) is 0 Å². The van der Waals surface area contributed by atoms with Crippen LogP contribution in [0.25, 0.3) is 0 Å². The number of fused-ring (bicyclic) bond motifs is 2. The predicted molar refractivity (Wildman–Crippen MR) is 76.2 cm³/mol. The SMILES string of the molecule is CCOC(=O)C1C(C(F)(F)F)C12C(=O)N(C)c1cccc(Cl)c12. The second kappa shape index (κ2) is 4.87. The Hall–Kier alpha value is -1.76. The van der Waals surface area contributed by atoms with Gasteiger partial charge in [0.25, 0.3) is 0 Å². The van der Waals surface area contributed by atoms with Crippen molar-refractivity contribution in [3.8, 4) is 0 Å². The molecule has 1 aromatic rings. The van der Waals surface area contributed by atoms with Gasteiger partial charge >= 0.3 is 12.1 Å². The largest absolute Gasteiger partial charge is 0.466 e. The summed E-state index contributed by atoms with van der Waals surface area (Å²) in [6.45, 7) is 1.44. The molecule has 1 heterocycles. The summed E-state index contributed by atoms with van der Waals surface area (Å²) < 4.78 is 45.2. The second-order valence-corrected chi connectivity index (χ2v) is 6.02. The molecule has 1 fully saturated rings. The molecule has 0 radical (unpaired) electrons. The molecule has 3 rings (SSSR count). The first-order chi connectivity index (χ1) is 10.7. The summed E-state index contributed by atoms with van der Waals surface area (Å²) in [7, 11) is 1.38. The van der Waals surface area contributed by atoms with Gasteiger partial charge in [-0.25, -0.2) is 0 Å². The second-order valence-electron chi connectivity index (χ2n) is 5.62. The van der Waals surface area contributed by atoms with Gasteiger partial charge in [-0.3, -0.25) is 9.59 Å². The zero-order valence-corrected chi connectivity index (χ0v) is 13.0. The molecule has 3 atom stereocenters. The third-order valence-corrected chi connectivity index (χ3v) is 4.84. The van der Waals surface area contributed by atoms with Crippen molar-refractivity contribution in [3.05, 3.63) is 28.8 Å². The van der Waals surface area contributed by atoms with Crippen LogP contribution in [0.15, 0.2) is 18.2 Å². The van der Waals surface area contributed by atoms with Crippen LogP contribution in [-0.4, -0.2) is 31.7 Å². The lowest BCUT2D eigenvalue weighted by atomic mass is 9.92. The zero-order valence-electron chi connectivity index (χ0n) is 12.3. The van der Waals surface area contributed by atoms with Crippen molar-refractivity contribution in [3.63, 3.8) is 0 Å². The van der Waals surface area contributed by atoms with E-state index in [0.717, 1.165) is 4.90 Å². The van der Waals surface area contributed by atoms with Crippen molar-refractivity contribution in [1.82, 2.24) is 0 Å². The van der Waals surface area contributed by atoms with Crippen molar-refractivity contribution in [2.45, 2.75) is 18.5 Å². The van der Waals surface area contributed by atoms with Gasteiger partial charge in [0.1, 0.15) is 5.41 Å². The van der Waals surface area contributed by atoms with E-state index < -0.39 is 35.3 Å². The Balaban J connectivity index is 2.21. The highest BCUT2D eigenvalue weighted by Crippen LogP contribution is 2.71.